The number of hydrogen-bond acceptors (Lipinski definition) is 4. The van der Waals surface area contributed by atoms with Crippen molar-refractivity contribution < 1.29 is 9.18 Å². The first kappa shape index (κ1) is 18.3. The Labute approximate surface area is 173 Å². The van der Waals surface area contributed by atoms with Crippen LogP contribution in [-0.4, -0.2) is 15.6 Å². The van der Waals surface area contributed by atoms with Gasteiger partial charge in [0.2, 0.25) is 0 Å². The minimum absolute atomic E-state index is 0.0879. The summed E-state index contributed by atoms with van der Waals surface area (Å²) in [6.45, 7) is 6.24. The van der Waals surface area contributed by atoms with Gasteiger partial charge < -0.3 is 5.32 Å². The number of nitrogens with zero attached hydrogens (tertiary/aromatic N) is 2. The summed E-state index contributed by atoms with van der Waals surface area (Å²) in [6, 6.07) is 8.43. The lowest BCUT2D eigenvalue weighted by atomic mass is 9.69. The number of rotatable bonds is 2. The minimum Gasteiger partial charge on any atom is -0.343 e. The highest BCUT2D eigenvalue weighted by Crippen LogP contribution is 2.50. The molecule has 0 spiro atoms. The van der Waals surface area contributed by atoms with E-state index < -0.39 is 0 Å². The van der Waals surface area contributed by atoms with Crippen LogP contribution < -0.4 is 5.32 Å². The van der Waals surface area contributed by atoms with Crippen molar-refractivity contribution in [3.05, 3.63) is 75.0 Å². The molecule has 4 nitrogen and oxygen atoms in total. The van der Waals surface area contributed by atoms with Gasteiger partial charge in [0.15, 0.2) is 5.78 Å². The van der Waals surface area contributed by atoms with E-state index in [1.807, 2.05) is 17.0 Å². The number of ketones is 1. The maximum Gasteiger partial charge on any atom is 0.162 e. The quantitative estimate of drug-likeness (QED) is 0.603. The van der Waals surface area contributed by atoms with Gasteiger partial charge in [0.05, 0.1) is 11.4 Å². The van der Waals surface area contributed by atoms with Crippen LogP contribution in [0.25, 0.3) is 5.69 Å². The van der Waals surface area contributed by atoms with Gasteiger partial charge in [0.1, 0.15) is 11.6 Å². The second-order valence-corrected chi connectivity index (χ2v) is 9.46. The third-order valence-corrected chi connectivity index (χ3v) is 6.52. The first-order chi connectivity index (χ1) is 13.8. The first-order valence-corrected chi connectivity index (χ1v) is 10.7. The summed E-state index contributed by atoms with van der Waals surface area (Å²) in [5.41, 5.74) is 5.58. The predicted molar refractivity (Wildman–Crippen MR) is 113 cm³/mol. The molecule has 29 heavy (non-hydrogen) atoms. The molecular formula is C23H22FN3OS. The molecule has 0 saturated heterocycles. The SMILES string of the molecule is Cc1nn(-c2ccc(F)cc2)c2c1[C@H](c1ccsc1)C1=C(CC(C)(C)CC1=O)N2. The summed E-state index contributed by atoms with van der Waals surface area (Å²) in [5, 5.41) is 12.5. The van der Waals surface area contributed by atoms with Gasteiger partial charge in [-0.1, -0.05) is 13.8 Å². The number of anilines is 1. The molecule has 2 aliphatic rings. The standard InChI is InChI=1S/C23H22FN3OS/c1-13-19-20(14-8-9-29-12-14)21-17(10-23(2,3)11-18(21)28)25-22(19)27(26-13)16-6-4-15(24)5-7-16/h4-9,12,20,25H,10-11H2,1-3H3/t20-/m0/s1. The van der Waals surface area contributed by atoms with Crippen LogP contribution in [0.2, 0.25) is 0 Å². The van der Waals surface area contributed by atoms with Crippen LogP contribution in [0.5, 0.6) is 0 Å². The Morgan fingerprint density at radius 2 is 1.97 bits per heavy atom. The summed E-state index contributed by atoms with van der Waals surface area (Å²) in [5.74, 6) is 0.680. The van der Waals surface area contributed by atoms with Gasteiger partial charge in [-0.15, -0.1) is 0 Å². The molecule has 0 unspecified atom stereocenters. The largest absolute Gasteiger partial charge is 0.343 e. The topological polar surface area (TPSA) is 46.9 Å². The van der Waals surface area contributed by atoms with Crippen molar-refractivity contribution >= 4 is 22.9 Å². The van der Waals surface area contributed by atoms with Crippen LogP contribution in [0, 0.1) is 18.2 Å². The third kappa shape index (κ3) is 2.94. The molecule has 0 radical (unpaired) electrons. The Morgan fingerprint density at radius 1 is 1.21 bits per heavy atom. The number of fused-ring (bicyclic) bond motifs is 1. The fourth-order valence-electron chi connectivity index (χ4n) is 4.62. The lowest BCUT2D eigenvalue weighted by Crippen LogP contribution is -2.34. The zero-order chi connectivity index (χ0) is 20.3. The smallest absolute Gasteiger partial charge is 0.162 e. The molecule has 5 rings (SSSR count). The number of thiophene rings is 1. The van der Waals surface area contributed by atoms with Crippen molar-refractivity contribution in [3.63, 3.8) is 0 Å². The maximum absolute atomic E-state index is 13.5. The number of halogens is 1. The molecule has 0 bridgehead atoms. The van der Waals surface area contributed by atoms with E-state index in [-0.39, 0.29) is 22.9 Å². The van der Waals surface area contributed by atoms with E-state index in [0.717, 1.165) is 46.0 Å². The van der Waals surface area contributed by atoms with Crippen LogP contribution in [0.1, 0.15) is 49.4 Å². The zero-order valence-corrected chi connectivity index (χ0v) is 17.4. The number of aryl methyl sites for hydroxylation is 1. The molecule has 0 amide bonds. The second kappa shape index (κ2) is 6.39. The fourth-order valence-corrected chi connectivity index (χ4v) is 5.30. The predicted octanol–water partition coefficient (Wildman–Crippen LogP) is 5.58. The van der Waals surface area contributed by atoms with E-state index in [9.17, 15) is 9.18 Å². The monoisotopic (exact) mass is 407 g/mol. The van der Waals surface area contributed by atoms with E-state index in [4.69, 9.17) is 5.10 Å². The van der Waals surface area contributed by atoms with E-state index in [0.29, 0.717) is 6.42 Å². The number of nitrogens with one attached hydrogen (secondary N) is 1. The Morgan fingerprint density at radius 3 is 2.66 bits per heavy atom. The summed E-state index contributed by atoms with van der Waals surface area (Å²) in [4.78, 5) is 13.2. The lowest BCUT2D eigenvalue weighted by molar-refractivity contribution is -0.118. The average molecular weight is 408 g/mol. The van der Waals surface area contributed by atoms with Crippen LogP contribution in [-0.2, 0) is 4.79 Å². The number of Topliss-reactive ketones (excluding diaryl/α,β-unsaturated/α-hetero) is 1. The van der Waals surface area contributed by atoms with Crippen LogP contribution >= 0.6 is 11.3 Å². The third-order valence-electron chi connectivity index (χ3n) is 5.82. The molecule has 1 N–H and O–H groups in total. The maximum atomic E-state index is 13.5. The van der Waals surface area contributed by atoms with E-state index in [2.05, 4.69) is 30.6 Å². The number of hydrogen-bond donors (Lipinski definition) is 1. The van der Waals surface area contributed by atoms with Crippen LogP contribution in [0.3, 0.4) is 0 Å². The number of carbonyl (C=O) groups excluding carboxylic acids is 1. The fraction of sp³-hybridized carbons (Fsp3) is 0.304. The Bertz CT molecular complexity index is 1140. The van der Waals surface area contributed by atoms with Gasteiger partial charge in [-0.25, -0.2) is 9.07 Å². The highest BCUT2D eigenvalue weighted by atomic mass is 32.1. The highest BCUT2D eigenvalue weighted by molar-refractivity contribution is 7.08. The zero-order valence-electron chi connectivity index (χ0n) is 16.6. The lowest BCUT2D eigenvalue weighted by Gasteiger charge is -2.38. The van der Waals surface area contributed by atoms with Crippen LogP contribution in [0.4, 0.5) is 10.2 Å². The molecule has 6 heteroatoms. The van der Waals surface area contributed by atoms with E-state index in [1.165, 1.54) is 12.1 Å². The molecule has 0 fully saturated rings. The van der Waals surface area contributed by atoms with Crippen molar-refractivity contribution in [3.8, 4) is 5.69 Å². The molecular weight excluding hydrogens is 385 g/mol. The van der Waals surface area contributed by atoms with Gasteiger partial charge in [-0.3, -0.25) is 4.79 Å². The number of carbonyl (C=O) groups is 1. The normalized spacial score (nSPS) is 20.3. The Balaban J connectivity index is 1.74. The second-order valence-electron chi connectivity index (χ2n) is 8.68. The molecule has 1 aromatic carbocycles. The van der Waals surface area contributed by atoms with Crippen molar-refractivity contribution in [2.24, 2.45) is 5.41 Å². The summed E-state index contributed by atoms with van der Waals surface area (Å²) < 4.78 is 15.3. The van der Waals surface area contributed by atoms with Gasteiger partial charge in [0.25, 0.3) is 0 Å². The van der Waals surface area contributed by atoms with Crippen LogP contribution in [0.15, 0.2) is 52.4 Å². The summed E-state index contributed by atoms with van der Waals surface area (Å²) in [6.07, 6.45) is 1.36. The molecule has 1 aliphatic heterocycles. The van der Waals surface area contributed by atoms with Crippen molar-refractivity contribution in [2.75, 3.05) is 5.32 Å². The van der Waals surface area contributed by atoms with Gasteiger partial charge in [-0.2, -0.15) is 16.4 Å². The Kier molecular flexibility index (Phi) is 4.03. The number of benzene rings is 1. The van der Waals surface area contributed by atoms with Crippen molar-refractivity contribution in [1.29, 1.82) is 0 Å². The minimum atomic E-state index is -0.278. The molecule has 1 aliphatic carbocycles. The average Bonchev–Trinajstić information content (AvgIpc) is 3.28. The highest BCUT2D eigenvalue weighted by Gasteiger charge is 2.43. The van der Waals surface area contributed by atoms with Gasteiger partial charge >= 0.3 is 0 Å². The Hall–Kier alpha value is -2.73. The van der Waals surface area contributed by atoms with Gasteiger partial charge in [0, 0.05) is 29.2 Å². The van der Waals surface area contributed by atoms with Gasteiger partial charge in [-0.05, 0) is 65.4 Å². The summed E-state index contributed by atoms with van der Waals surface area (Å²) >= 11 is 1.64. The number of aromatic nitrogens is 2. The molecule has 1 atom stereocenters. The van der Waals surface area contributed by atoms with Crippen molar-refractivity contribution in [2.45, 2.75) is 39.5 Å². The molecule has 3 aromatic rings. The summed E-state index contributed by atoms with van der Waals surface area (Å²) in [7, 11) is 0. The van der Waals surface area contributed by atoms with Crippen molar-refractivity contribution in [1.82, 2.24) is 9.78 Å². The molecule has 0 saturated carbocycles. The van der Waals surface area contributed by atoms with E-state index >= 15 is 0 Å². The molecule has 3 heterocycles. The molecule has 148 valence electrons. The van der Waals surface area contributed by atoms with E-state index in [1.54, 1.807) is 23.5 Å². The first-order valence-electron chi connectivity index (χ1n) is 9.75. The number of allylic oxidation sites excluding steroid dienone is 2. The molecule has 2 aromatic heterocycles.